The number of hydrogen-bond donors (Lipinski definition) is 2. The Labute approximate surface area is 136 Å². The predicted octanol–water partition coefficient (Wildman–Crippen LogP) is 1.45. The number of pyridine rings is 1. The van der Waals surface area contributed by atoms with Crippen molar-refractivity contribution in [3.05, 3.63) is 51.3 Å². The van der Waals surface area contributed by atoms with E-state index in [4.69, 9.17) is 5.11 Å². The summed E-state index contributed by atoms with van der Waals surface area (Å²) in [5.41, 5.74) is -0.766. The van der Waals surface area contributed by atoms with Gasteiger partial charge < -0.3 is 10.4 Å². The van der Waals surface area contributed by atoms with Gasteiger partial charge in [-0.05, 0) is 27.6 Å². The van der Waals surface area contributed by atoms with E-state index in [1.165, 1.54) is 6.20 Å². The molecule has 23 heavy (non-hydrogen) atoms. The molecule has 1 amide bonds. The highest BCUT2D eigenvalue weighted by Crippen LogP contribution is 2.14. The number of nitrogens with zero attached hydrogens (tertiary/aromatic N) is 4. The number of nitrogens with one attached hydrogen (secondary N) is 1. The highest BCUT2D eigenvalue weighted by Gasteiger charge is 2.14. The van der Waals surface area contributed by atoms with Crippen molar-refractivity contribution in [3.63, 3.8) is 0 Å². The van der Waals surface area contributed by atoms with Crippen LogP contribution in [-0.4, -0.2) is 37.1 Å². The van der Waals surface area contributed by atoms with Crippen LogP contribution in [0.2, 0.25) is 0 Å². The maximum Gasteiger partial charge on any atom is 0.404 e. The molecule has 0 atom stereocenters. The van der Waals surface area contributed by atoms with Gasteiger partial charge in [-0.2, -0.15) is 5.10 Å². The smallest absolute Gasteiger partial charge is 0.404 e. The van der Waals surface area contributed by atoms with Gasteiger partial charge in [0.25, 0.3) is 0 Å². The highest BCUT2D eigenvalue weighted by atomic mass is 79.9. The number of amides is 1. The Morgan fingerprint density at radius 3 is 2.87 bits per heavy atom. The average Bonchev–Trinajstić information content (AvgIpc) is 2.84. The standard InChI is InChI=1S/C12H10BrF2N5O3/c13-8-1-9(15)10(16-4-8)19-6-18-20(12(19)23)5-7(2-14)3-17-11(21)22/h1-2,4,6,17H,3,5H2,(H,21,22)/b7-2-. The topological polar surface area (TPSA) is 102 Å². The molecule has 0 fully saturated rings. The highest BCUT2D eigenvalue weighted by molar-refractivity contribution is 9.10. The fourth-order valence-corrected chi connectivity index (χ4v) is 1.99. The molecule has 0 saturated carbocycles. The summed E-state index contributed by atoms with van der Waals surface area (Å²) in [6, 6.07) is 1.13. The van der Waals surface area contributed by atoms with E-state index in [1.54, 1.807) is 0 Å². The van der Waals surface area contributed by atoms with E-state index < -0.39 is 17.6 Å². The molecule has 11 heteroatoms. The van der Waals surface area contributed by atoms with E-state index >= 15 is 0 Å². The molecule has 0 spiro atoms. The van der Waals surface area contributed by atoms with E-state index in [2.05, 4.69) is 26.0 Å². The van der Waals surface area contributed by atoms with Crippen LogP contribution in [0.5, 0.6) is 0 Å². The van der Waals surface area contributed by atoms with Gasteiger partial charge in [-0.3, -0.25) is 0 Å². The van der Waals surface area contributed by atoms with Crippen molar-refractivity contribution in [1.82, 2.24) is 24.6 Å². The lowest BCUT2D eigenvalue weighted by Gasteiger charge is -2.05. The summed E-state index contributed by atoms with van der Waals surface area (Å²) in [6.45, 7) is -0.600. The van der Waals surface area contributed by atoms with E-state index in [-0.39, 0.29) is 30.8 Å². The van der Waals surface area contributed by atoms with Gasteiger partial charge in [-0.1, -0.05) is 0 Å². The number of carboxylic acid groups (broad SMARTS) is 1. The molecule has 2 aromatic rings. The van der Waals surface area contributed by atoms with Crippen LogP contribution in [0, 0.1) is 5.82 Å². The first-order chi connectivity index (χ1) is 10.9. The molecule has 122 valence electrons. The monoisotopic (exact) mass is 389 g/mol. The third-order valence-electron chi connectivity index (χ3n) is 2.72. The van der Waals surface area contributed by atoms with Gasteiger partial charge in [-0.25, -0.2) is 32.6 Å². The van der Waals surface area contributed by atoms with E-state index in [0.29, 0.717) is 4.47 Å². The molecular formula is C12H10BrF2N5O3. The summed E-state index contributed by atoms with van der Waals surface area (Å²) >= 11 is 3.05. The Balaban J connectivity index is 2.25. The number of rotatable bonds is 5. The maximum absolute atomic E-state index is 13.8. The van der Waals surface area contributed by atoms with Crippen molar-refractivity contribution >= 4 is 22.0 Å². The van der Waals surface area contributed by atoms with Crippen LogP contribution < -0.4 is 11.0 Å². The average molecular weight is 390 g/mol. The first kappa shape index (κ1) is 16.8. The van der Waals surface area contributed by atoms with Crippen molar-refractivity contribution in [1.29, 1.82) is 0 Å². The molecule has 0 aromatic carbocycles. The first-order valence-corrected chi connectivity index (χ1v) is 6.92. The normalized spacial score (nSPS) is 11.5. The minimum absolute atomic E-state index is 0.0241. The van der Waals surface area contributed by atoms with E-state index in [9.17, 15) is 18.4 Å². The third-order valence-corrected chi connectivity index (χ3v) is 3.16. The van der Waals surface area contributed by atoms with Gasteiger partial charge in [0.05, 0.1) is 12.9 Å². The quantitative estimate of drug-likeness (QED) is 0.805. The Morgan fingerprint density at radius 1 is 1.52 bits per heavy atom. The summed E-state index contributed by atoms with van der Waals surface area (Å²) in [5, 5.41) is 14.2. The number of hydrogen-bond acceptors (Lipinski definition) is 4. The SMILES string of the molecule is O=C(O)NC/C(=C/F)Cn1ncn(-c2ncc(Br)cc2F)c1=O. The van der Waals surface area contributed by atoms with Crippen LogP contribution in [0.1, 0.15) is 0 Å². The fraction of sp³-hybridized carbons (Fsp3) is 0.167. The molecular weight excluding hydrogens is 380 g/mol. The predicted molar refractivity (Wildman–Crippen MR) is 78.5 cm³/mol. The first-order valence-electron chi connectivity index (χ1n) is 6.13. The number of aromatic nitrogens is 4. The van der Waals surface area contributed by atoms with Gasteiger partial charge in [0.15, 0.2) is 11.6 Å². The summed E-state index contributed by atoms with van der Waals surface area (Å²) in [4.78, 5) is 26.3. The lowest BCUT2D eigenvalue weighted by Crippen LogP contribution is -2.29. The largest absolute Gasteiger partial charge is 0.465 e. The van der Waals surface area contributed by atoms with Gasteiger partial charge in [0, 0.05) is 17.2 Å². The molecule has 0 bridgehead atoms. The summed E-state index contributed by atoms with van der Waals surface area (Å²) in [7, 11) is 0. The Bertz CT molecular complexity index is 817. The van der Waals surface area contributed by atoms with Crippen LogP contribution in [0.3, 0.4) is 0 Å². The van der Waals surface area contributed by atoms with Gasteiger partial charge >= 0.3 is 11.8 Å². The zero-order valence-electron chi connectivity index (χ0n) is 11.4. The summed E-state index contributed by atoms with van der Waals surface area (Å²) in [5.74, 6) is -0.992. The summed E-state index contributed by atoms with van der Waals surface area (Å²) < 4.78 is 28.7. The molecule has 0 aliphatic heterocycles. The van der Waals surface area contributed by atoms with Gasteiger partial charge in [0.2, 0.25) is 0 Å². The van der Waals surface area contributed by atoms with Crippen molar-refractivity contribution in [3.8, 4) is 5.82 Å². The molecule has 2 N–H and O–H groups in total. The fourth-order valence-electron chi connectivity index (χ4n) is 1.69. The molecule has 0 aliphatic carbocycles. The molecule has 0 aliphatic rings. The van der Waals surface area contributed by atoms with Gasteiger partial charge in [-0.15, -0.1) is 0 Å². The third kappa shape index (κ3) is 4.00. The van der Waals surface area contributed by atoms with E-state index in [1.807, 2.05) is 5.32 Å². The zero-order chi connectivity index (χ0) is 17.0. The lowest BCUT2D eigenvalue weighted by atomic mass is 10.3. The molecule has 8 nitrogen and oxygen atoms in total. The molecule has 2 rings (SSSR count). The molecule has 2 heterocycles. The Hall–Kier alpha value is -2.56. The lowest BCUT2D eigenvalue weighted by molar-refractivity contribution is 0.195. The van der Waals surface area contributed by atoms with Crippen LogP contribution >= 0.6 is 15.9 Å². The molecule has 2 aromatic heterocycles. The maximum atomic E-state index is 13.8. The van der Waals surface area contributed by atoms with Crippen LogP contribution in [0.25, 0.3) is 5.82 Å². The van der Waals surface area contributed by atoms with Crippen LogP contribution in [0.4, 0.5) is 13.6 Å². The van der Waals surface area contributed by atoms with Crippen molar-refractivity contribution < 1.29 is 18.7 Å². The Morgan fingerprint density at radius 2 is 2.26 bits per heavy atom. The van der Waals surface area contributed by atoms with Crippen molar-refractivity contribution in [2.24, 2.45) is 0 Å². The summed E-state index contributed by atoms with van der Waals surface area (Å²) in [6.07, 6.45) is 1.21. The molecule has 0 radical (unpaired) electrons. The number of halogens is 3. The second kappa shape index (κ2) is 7.13. The second-order valence-electron chi connectivity index (χ2n) is 4.33. The van der Waals surface area contributed by atoms with Crippen LogP contribution in [0.15, 0.2) is 39.8 Å². The van der Waals surface area contributed by atoms with Gasteiger partial charge in [0.1, 0.15) is 6.33 Å². The zero-order valence-corrected chi connectivity index (χ0v) is 13.0. The molecule has 0 saturated heterocycles. The van der Waals surface area contributed by atoms with Crippen LogP contribution in [-0.2, 0) is 6.54 Å². The number of carbonyl (C=O) groups is 1. The molecule has 0 unspecified atom stereocenters. The minimum atomic E-state index is -1.33. The van der Waals surface area contributed by atoms with Crippen molar-refractivity contribution in [2.45, 2.75) is 6.54 Å². The second-order valence-corrected chi connectivity index (χ2v) is 5.24. The Kier molecular flexibility index (Phi) is 5.21. The van der Waals surface area contributed by atoms with Crippen molar-refractivity contribution in [2.75, 3.05) is 6.54 Å². The minimum Gasteiger partial charge on any atom is -0.465 e. The van der Waals surface area contributed by atoms with E-state index in [0.717, 1.165) is 21.6 Å².